The van der Waals surface area contributed by atoms with E-state index in [0.717, 1.165) is 50.3 Å². The number of aromatic nitrogens is 3. The summed E-state index contributed by atoms with van der Waals surface area (Å²) in [6, 6.07) is 1.82. The highest BCUT2D eigenvalue weighted by atomic mass is 32.1. The van der Waals surface area contributed by atoms with Crippen molar-refractivity contribution < 1.29 is 4.79 Å². The molecule has 1 fully saturated rings. The second kappa shape index (κ2) is 9.98. The highest BCUT2D eigenvalue weighted by Crippen LogP contribution is 2.11. The van der Waals surface area contributed by atoms with Crippen molar-refractivity contribution in [2.24, 2.45) is 4.99 Å². The van der Waals surface area contributed by atoms with Gasteiger partial charge in [0.15, 0.2) is 5.96 Å². The number of piperazine rings is 1. The van der Waals surface area contributed by atoms with E-state index in [0.29, 0.717) is 18.0 Å². The van der Waals surface area contributed by atoms with Gasteiger partial charge in [-0.3, -0.25) is 9.79 Å². The Labute approximate surface area is 168 Å². The van der Waals surface area contributed by atoms with Crippen LogP contribution in [0.2, 0.25) is 0 Å². The topological polar surface area (TPSA) is 98.6 Å². The first-order chi connectivity index (χ1) is 13.7. The van der Waals surface area contributed by atoms with Gasteiger partial charge in [0.1, 0.15) is 4.88 Å². The fourth-order valence-corrected chi connectivity index (χ4v) is 3.65. The van der Waals surface area contributed by atoms with Crippen LogP contribution in [-0.4, -0.2) is 77.5 Å². The van der Waals surface area contributed by atoms with Gasteiger partial charge in [0.05, 0.1) is 17.7 Å². The molecule has 1 aliphatic rings. The number of hydrogen-bond acceptors (Lipinski definition) is 7. The summed E-state index contributed by atoms with van der Waals surface area (Å²) in [5.41, 5.74) is 2.45. The van der Waals surface area contributed by atoms with Gasteiger partial charge < -0.3 is 20.4 Å². The molecule has 2 N–H and O–H groups in total. The number of hydrogen-bond donors (Lipinski definition) is 2. The number of carbonyl (C=O) groups excluding carboxylic acids is 1. The van der Waals surface area contributed by atoms with Gasteiger partial charge >= 0.3 is 0 Å². The lowest BCUT2D eigenvalue weighted by Gasteiger charge is -2.36. The van der Waals surface area contributed by atoms with Crippen molar-refractivity contribution in [3.63, 3.8) is 0 Å². The molecule has 0 saturated carbocycles. The molecule has 1 aliphatic heterocycles. The van der Waals surface area contributed by atoms with E-state index in [-0.39, 0.29) is 5.91 Å². The lowest BCUT2D eigenvalue weighted by molar-refractivity contribution is 0.0958. The molecule has 28 heavy (non-hydrogen) atoms. The summed E-state index contributed by atoms with van der Waals surface area (Å²) in [6.45, 7) is 9.08. The average molecular weight is 403 g/mol. The van der Waals surface area contributed by atoms with E-state index in [1.165, 1.54) is 11.3 Å². The lowest BCUT2D eigenvalue weighted by atomic mass is 10.3. The molecule has 150 valence electrons. The third kappa shape index (κ3) is 5.16. The standard InChI is InChI=1S/C18H26N8OS/c1-3-19-17(23-8-7-20-16(27)15-14(2)24-13-28-15)25-9-11-26(12-10-25)18-21-5-4-6-22-18/h4-6,13H,3,7-12H2,1-2H3,(H,19,23)(H,20,27). The number of anilines is 1. The summed E-state index contributed by atoms with van der Waals surface area (Å²) in [5, 5.41) is 6.25. The summed E-state index contributed by atoms with van der Waals surface area (Å²) in [7, 11) is 0. The third-order valence-corrected chi connectivity index (χ3v) is 5.29. The van der Waals surface area contributed by atoms with Gasteiger partial charge in [-0.1, -0.05) is 0 Å². The third-order valence-electron chi connectivity index (χ3n) is 4.36. The summed E-state index contributed by atoms with van der Waals surface area (Å²) < 4.78 is 0. The predicted molar refractivity (Wildman–Crippen MR) is 111 cm³/mol. The van der Waals surface area contributed by atoms with Crippen molar-refractivity contribution in [3.05, 3.63) is 34.5 Å². The van der Waals surface area contributed by atoms with Crippen molar-refractivity contribution in [1.82, 2.24) is 30.5 Å². The van der Waals surface area contributed by atoms with E-state index in [1.54, 1.807) is 17.9 Å². The smallest absolute Gasteiger partial charge is 0.263 e. The normalized spacial score (nSPS) is 14.9. The van der Waals surface area contributed by atoms with Gasteiger partial charge in [-0.2, -0.15) is 0 Å². The molecule has 0 spiro atoms. The van der Waals surface area contributed by atoms with Crippen molar-refractivity contribution in [3.8, 4) is 0 Å². The first-order valence-corrected chi connectivity index (χ1v) is 10.3. The molecule has 2 aromatic rings. The number of guanidine groups is 1. The second-order valence-electron chi connectivity index (χ2n) is 6.28. The fourth-order valence-electron chi connectivity index (χ4n) is 2.93. The summed E-state index contributed by atoms with van der Waals surface area (Å²) in [5.74, 6) is 1.56. The van der Waals surface area contributed by atoms with E-state index in [4.69, 9.17) is 0 Å². The van der Waals surface area contributed by atoms with Gasteiger partial charge in [0.2, 0.25) is 5.95 Å². The molecule has 1 amide bonds. The van der Waals surface area contributed by atoms with Crippen LogP contribution in [0.1, 0.15) is 22.3 Å². The number of carbonyl (C=O) groups is 1. The average Bonchev–Trinajstić information content (AvgIpc) is 3.17. The second-order valence-corrected chi connectivity index (χ2v) is 7.14. The highest BCUT2D eigenvalue weighted by molar-refractivity contribution is 7.11. The molecule has 2 aromatic heterocycles. The van der Waals surface area contributed by atoms with E-state index >= 15 is 0 Å². The Kier molecular flexibility index (Phi) is 7.12. The summed E-state index contributed by atoms with van der Waals surface area (Å²) >= 11 is 1.36. The van der Waals surface area contributed by atoms with Crippen molar-refractivity contribution >= 4 is 29.2 Å². The van der Waals surface area contributed by atoms with Crippen LogP contribution in [0.3, 0.4) is 0 Å². The first kappa shape index (κ1) is 20.0. The Bertz CT molecular complexity index is 786. The zero-order valence-electron chi connectivity index (χ0n) is 16.3. The SMILES string of the molecule is CCNC(=NCCNC(=O)c1scnc1C)N1CCN(c2ncccn2)CC1. The van der Waals surface area contributed by atoms with Crippen LogP contribution in [0.5, 0.6) is 0 Å². The lowest BCUT2D eigenvalue weighted by Crippen LogP contribution is -2.53. The number of aliphatic imine (C=N–C) groups is 1. The van der Waals surface area contributed by atoms with E-state index < -0.39 is 0 Å². The maximum atomic E-state index is 12.1. The fraction of sp³-hybridized carbons (Fsp3) is 0.500. The minimum Gasteiger partial charge on any atom is -0.357 e. The van der Waals surface area contributed by atoms with Crippen LogP contribution in [0.25, 0.3) is 0 Å². The molecule has 10 heteroatoms. The number of nitrogens with one attached hydrogen (secondary N) is 2. The number of thiazole rings is 1. The predicted octanol–water partition coefficient (Wildman–Crippen LogP) is 0.759. The molecule has 9 nitrogen and oxygen atoms in total. The molecule has 0 bridgehead atoms. The molecular formula is C18H26N8OS. The van der Waals surface area contributed by atoms with Crippen LogP contribution in [0.15, 0.2) is 29.0 Å². The molecule has 0 unspecified atom stereocenters. The zero-order valence-corrected chi connectivity index (χ0v) is 17.1. The molecule has 3 rings (SSSR count). The molecule has 1 saturated heterocycles. The molecule has 0 aromatic carbocycles. The van der Waals surface area contributed by atoms with Crippen molar-refractivity contribution in [2.75, 3.05) is 50.7 Å². The summed E-state index contributed by atoms with van der Waals surface area (Å²) in [4.78, 5) is 34.6. The van der Waals surface area contributed by atoms with Gasteiger partial charge in [0.25, 0.3) is 5.91 Å². The number of nitrogens with zero attached hydrogens (tertiary/aromatic N) is 6. The Morgan fingerprint density at radius 1 is 1.18 bits per heavy atom. The Hall–Kier alpha value is -2.75. The molecule has 3 heterocycles. The van der Waals surface area contributed by atoms with Crippen LogP contribution < -0.4 is 15.5 Å². The van der Waals surface area contributed by atoms with Gasteiger partial charge in [0, 0.05) is 51.7 Å². The van der Waals surface area contributed by atoms with Crippen LogP contribution in [-0.2, 0) is 0 Å². The quantitative estimate of drug-likeness (QED) is 0.418. The largest absolute Gasteiger partial charge is 0.357 e. The van der Waals surface area contributed by atoms with Gasteiger partial charge in [-0.05, 0) is 19.9 Å². The van der Waals surface area contributed by atoms with Gasteiger partial charge in [-0.15, -0.1) is 11.3 Å². The van der Waals surface area contributed by atoms with E-state index in [1.807, 2.05) is 13.0 Å². The number of amides is 1. The summed E-state index contributed by atoms with van der Waals surface area (Å²) in [6.07, 6.45) is 3.53. The van der Waals surface area contributed by atoms with Crippen LogP contribution in [0, 0.1) is 6.92 Å². The Morgan fingerprint density at radius 3 is 2.57 bits per heavy atom. The minimum atomic E-state index is -0.0864. The van der Waals surface area contributed by atoms with Crippen LogP contribution in [0.4, 0.5) is 5.95 Å². The molecule has 0 aliphatic carbocycles. The molecule has 0 radical (unpaired) electrons. The Balaban J connectivity index is 1.49. The van der Waals surface area contributed by atoms with Crippen molar-refractivity contribution in [2.45, 2.75) is 13.8 Å². The van der Waals surface area contributed by atoms with Crippen LogP contribution >= 0.6 is 11.3 Å². The number of aryl methyl sites for hydroxylation is 1. The highest BCUT2D eigenvalue weighted by Gasteiger charge is 2.21. The molecule has 0 atom stereocenters. The first-order valence-electron chi connectivity index (χ1n) is 9.42. The number of rotatable bonds is 6. The molecular weight excluding hydrogens is 376 g/mol. The Morgan fingerprint density at radius 2 is 1.93 bits per heavy atom. The van der Waals surface area contributed by atoms with E-state index in [9.17, 15) is 4.79 Å². The maximum absolute atomic E-state index is 12.1. The minimum absolute atomic E-state index is 0.0864. The zero-order chi connectivity index (χ0) is 19.8. The van der Waals surface area contributed by atoms with E-state index in [2.05, 4.69) is 47.3 Å². The monoisotopic (exact) mass is 402 g/mol. The maximum Gasteiger partial charge on any atom is 0.263 e. The van der Waals surface area contributed by atoms with Gasteiger partial charge in [-0.25, -0.2) is 15.0 Å². The van der Waals surface area contributed by atoms with Crippen molar-refractivity contribution in [1.29, 1.82) is 0 Å².